The Kier molecular flexibility index (Phi) is 1.95. The predicted molar refractivity (Wildman–Crippen MR) is 52.7 cm³/mol. The maximum absolute atomic E-state index is 11.0. The maximum Gasteiger partial charge on any atom is 0.247 e. The Morgan fingerprint density at radius 1 is 1.43 bits per heavy atom. The van der Waals surface area contributed by atoms with E-state index in [0.29, 0.717) is 10.2 Å². The summed E-state index contributed by atoms with van der Waals surface area (Å²) in [4.78, 5) is 3.86. The molecule has 5 nitrogen and oxygen atoms in total. The normalized spacial score (nSPS) is 12.1. The number of fused-ring (bicyclic) bond motifs is 1. The van der Waals surface area contributed by atoms with Gasteiger partial charge in [0.25, 0.3) is 0 Å². The molecule has 0 saturated carbocycles. The molecule has 0 atom stereocenters. The summed E-state index contributed by atoms with van der Waals surface area (Å²) < 4.78 is 22.6. The van der Waals surface area contributed by atoms with E-state index >= 15 is 0 Å². The molecule has 0 aliphatic heterocycles. The molecular weight excluding hydrogens is 224 g/mol. The average Bonchev–Trinajstić information content (AvgIpc) is 2.45. The van der Waals surface area contributed by atoms with Crippen molar-refractivity contribution >= 4 is 31.6 Å². The fourth-order valence-electron chi connectivity index (χ4n) is 1.02. The van der Waals surface area contributed by atoms with Crippen molar-refractivity contribution in [3.63, 3.8) is 0 Å². The fourth-order valence-corrected chi connectivity index (χ4v) is 2.82. The number of nitrogens with zero attached hydrogens (tertiary/aromatic N) is 1. The second-order valence-electron chi connectivity index (χ2n) is 2.69. The van der Waals surface area contributed by atoms with Gasteiger partial charge >= 0.3 is 0 Å². The van der Waals surface area contributed by atoms with E-state index in [2.05, 4.69) is 4.98 Å². The van der Waals surface area contributed by atoms with E-state index < -0.39 is 10.0 Å². The van der Waals surface area contributed by atoms with Crippen molar-refractivity contribution in [1.82, 2.24) is 4.98 Å². The van der Waals surface area contributed by atoms with Gasteiger partial charge in [0.15, 0.2) is 0 Å². The molecule has 2 aromatic heterocycles. The first-order chi connectivity index (χ1) is 6.47. The van der Waals surface area contributed by atoms with Gasteiger partial charge in [-0.3, -0.25) is 4.98 Å². The van der Waals surface area contributed by atoms with Crippen LogP contribution in [0, 0.1) is 0 Å². The summed E-state index contributed by atoms with van der Waals surface area (Å²) >= 11 is 0.983. The van der Waals surface area contributed by atoms with Crippen molar-refractivity contribution in [2.45, 2.75) is 4.21 Å². The highest BCUT2D eigenvalue weighted by molar-refractivity contribution is 7.91. The summed E-state index contributed by atoms with van der Waals surface area (Å²) in [6.07, 6.45) is 1.25. The van der Waals surface area contributed by atoms with Crippen LogP contribution < -0.4 is 5.14 Å². The first-order valence-electron chi connectivity index (χ1n) is 3.58. The number of aromatic nitrogens is 1. The Labute approximate surface area is 83.9 Å². The molecule has 0 amide bonds. The van der Waals surface area contributed by atoms with Crippen LogP contribution in [-0.4, -0.2) is 18.5 Å². The van der Waals surface area contributed by atoms with Gasteiger partial charge in [-0.25, -0.2) is 13.6 Å². The van der Waals surface area contributed by atoms with Crippen LogP contribution in [0.25, 0.3) is 10.2 Å². The average molecular weight is 230 g/mol. The molecule has 0 aliphatic rings. The zero-order valence-corrected chi connectivity index (χ0v) is 8.47. The van der Waals surface area contributed by atoms with E-state index in [-0.39, 0.29) is 9.96 Å². The minimum Gasteiger partial charge on any atom is -0.506 e. The van der Waals surface area contributed by atoms with E-state index in [9.17, 15) is 8.42 Å². The van der Waals surface area contributed by atoms with Crippen molar-refractivity contribution in [2.24, 2.45) is 5.14 Å². The Morgan fingerprint density at radius 2 is 2.14 bits per heavy atom. The Hall–Kier alpha value is -1.18. The number of primary sulfonamides is 1. The van der Waals surface area contributed by atoms with Crippen molar-refractivity contribution in [3.05, 3.63) is 18.3 Å². The number of sulfonamides is 1. The van der Waals surface area contributed by atoms with E-state index in [0.717, 1.165) is 11.3 Å². The van der Waals surface area contributed by atoms with Crippen molar-refractivity contribution in [3.8, 4) is 5.75 Å². The molecular formula is C7H6N2O3S2. The van der Waals surface area contributed by atoms with Crippen LogP contribution in [0.5, 0.6) is 5.75 Å². The molecule has 2 rings (SSSR count). The first kappa shape index (κ1) is 9.38. The van der Waals surface area contributed by atoms with Gasteiger partial charge in [0, 0.05) is 6.07 Å². The van der Waals surface area contributed by atoms with E-state index in [4.69, 9.17) is 10.2 Å². The highest BCUT2D eigenvalue weighted by Crippen LogP contribution is 2.28. The van der Waals surface area contributed by atoms with E-state index in [1.807, 2.05) is 0 Å². The van der Waals surface area contributed by atoms with Crippen molar-refractivity contribution in [1.29, 1.82) is 0 Å². The summed E-state index contributed by atoms with van der Waals surface area (Å²) in [5, 5.41) is 14.1. The standard InChI is InChI=1S/C7H6N2O3S2/c8-14(11,12)7-2-5-6(13-7)1-4(10)3-9-5/h1-3,10H,(H2,8,11,12). The summed E-state index contributed by atoms with van der Waals surface area (Å²) in [6.45, 7) is 0. The van der Waals surface area contributed by atoms with Crippen molar-refractivity contribution in [2.75, 3.05) is 0 Å². The lowest BCUT2D eigenvalue weighted by molar-refractivity contribution is 0.474. The molecule has 74 valence electrons. The van der Waals surface area contributed by atoms with Crippen LogP contribution >= 0.6 is 11.3 Å². The van der Waals surface area contributed by atoms with E-state index in [1.165, 1.54) is 18.3 Å². The lowest BCUT2D eigenvalue weighted by Gasteiger charge is -1.88. The minimum atomic E-state index is -3.68. The fraction of sp³-hybridized carbons (Fsp3) is 0. The molecule has 0 spiro atoms. The Bertz CT molecular complexity index is 588. The molecule has 0 aromatic carbocycles. The maximum atomic E-state index is 11.0. The quantitative estimate of drug-likeness (QED) is 0.752. The number of hydrogen-bond donors (Lipinski definition) is 2. The number of hydrogen-bond acceptors (Lipinski definition) is 5. The summed E-state index contributed by atoms with van der Waals surface area (Å²) in [5.74, 6) is 0.000296. The lowest BCUT2D eigenvalue weighted by Crippen LogP contribution is -2.09. The molecule has 7 heteroatoms. The number of aromatic hydroxyl groups is 1. The number of thiophene rings is 1. The van der Waals surface area contributed by atoms with Crippen LogP contribution in [-0.2, 0) is 10.0 Å². The monoisotopic (exact) mass is 230 g/mol. The van der Waals surface area contributed by atoms with Crippen LogP contribution in [0.1, 0.15) is 0 Å². The third-order valence-electron chi connectivity index (χ3n) is 1.61. The van der Waals surface area contributed by atoms with Crippen LogP contribution in [0.2, 0.25) is 0 Å². The second-order valence-corrected chi connectivity index (χ2v) is 5.56. The second kappa shape index (κ2) is 2.91. The third kappa shape index (κ3) is 1.57. The number of nitrogens with two attached hydrogens (primary N) is 1. The van der Waals surface area contributed by atoms with Gasteiger partial charge in [-0.05, 0) is 6.07 Å². The van der Waals surface area contributed by atoms with Gasteiger partial charge in [-0.2, -0.15) is 0 Å². The predicted octanol–water partition coefficient (Wildman–Crippen LogP) is 0.649. The number of pyridine rings is 1. The summed E-state index contributed by atoms with van der Waals surface area (Å²) in [5.41, 5.74) is 0.511. The molecule has 3 N–H and O–H groups in total. The molecule has 0 radical (unpaired) electrons. The molecule has 14 heavy (non-hydrogen) atoms. The van der Waals surface area contributed by atoms with Gasteiger partial charge < -0.3 is 5.11 Å². The van der Waals surface area contributed by atoms with Crippen LogP contribution in [0.15, 0.2) is 22.5 Å². The van der Waals surface area contributed by atoms with Crippen molar-refractivity contribution < 1.29 is 13.5 Å². The van der Waals surface area contributed by atoms with Crippen LogP contribution in [0.4, 0.5) is 0 Å². The molecule has 2 heterocycles. The first-order valence-corrected chi connectivity index (χ1v) is 5.94. The Balaban J connectivity index is 2.75. The number of rotatable bonds is 1. The molecule has 0 unspecified atom stereocenters. The molecule has 2 aromatic rings. The highest BCUT2D eigenvalue weighted by Gasteiger charge is 2.12. The SMILES string of the molecule is NS(=O)(=O)c1cc2ncc(O)cc2s1. The summed E-state index contributed by atoms with van der Waals surface area (Å²) in [7, 11) is -3.68. The largest absolute Gasteiger partial charge is 0.506 e. The molecule has 0 aliphatic carbocycles. The smallest absolute Gasteiger partial charge is 0.247 e. The van der Waals surface area contributed by atoms with Gasteiger partial charge in [0.1, 0.15) is 9.96 Å². The summed E-state index contributed by atoms with van der Waals surface area (Å²) in [6, 6.07) is 2.83. The zero-order valence-electron chi connectivity index (χ0n) is 6.84. The zero-order chi connectivity index (χ0) is 10.3. The van der Waals surface area contributed by atoms with Crippen LogP contribution in [0.3, 0.4) is 0 Å². The topological polar surface area (TPSA) is 93.3 Å². The molecule has 0 fully saturated rings. The van der Waals surface area contributed by atoms with E-state index in [1.54, 1.807) is 0 Å². The van der Waals surface area contributed by atoms with Gasteiger partial charge in [-0.1, -0.05) is 0 Å². The highest BCUT2D eigenvalue weighted by atomic mass is 32.2. The minimum absolute atomic E-state index is 0.000296. The molecule has 0 saturated heterocycles. The third-order valence-corrected chi connectivity index (χ3v) is 4.10. The van der Waals surface area contributed by atoms with Gasteiger partial charge in [-0.15, -0.1) is 11.3 Å². The molecule has 0 bridgehead atoms. The van der Waals surface area contributed by atoms with Gasteiger partial charge in [0.05, 0.1) is 16.4 Å². The Morgan fingerprint density at radius 3 is 2.79 bits per heavy atom. The van der Waals surface area contributed by atoms with Gasteiger partial charge in [0.2, 0.25) is 10.0 Å². The lowest BCUT2D eigenvalue weighted by atomic mass is 10.4.